The molecule has 1 aliphatic carbocycles. The van der Waals surface area contributed by atoms with Crippen LogP contribution in [0.25, 0.3) is 0 Å². The van der Waals surface area contributed by atoms with Crippen molar-refractivity contribution >= 4 is 10.7 Å². The zero-order valence-corrected chi connectivity index (χ0v) is 15.5. The van der Waals surface area contributed by atoms with Gasteiger partial charge in [-0.15, -0.1) is 4.72 Å². The molecular formula is C21H30NOS+. The molecule has 2 atom stereocenters. The number of rotatable bonds is 7. The first-order valence-electron chi connectivity index (χ1n) is 9.40. The third kappa shape index (κ3) is 4.27. The van der Waals surface area contributed by atoms with E-state index in [0.717, 1.165) is 30.9 Å². The molecule has 1 fully saturated rings. The molecule has 2 N–H and O–H groups in total. The van der Waals surface area contributed by atoms with Gasteiger partial charge in [-0.05, 0) is 37.7 Å². The van der Waals surface area contributed by atoms with Gasteiger partial charge in [0.2, 0.25) is 0 Å². The Hall–Kier alpha value is -1.16. The fourth-order valence-corrected chi connectivity index (χ4v) is 5.73. The van der Waals surface area contributed by atoms with E-state index in [4.69, 9.17) is 0 Å². The molecule has 1 saturated carbocycles. The average Bonchev–Trinajstić information content (AvgIpc) is 3.04. The van der Waals surface area contributed by atoms with Crippen LogP contribution < -0.4 is 4.72 Å². The zero-order chi connectivity index (χ0) is 16.8. The van der Waals surface area contributed by atoms with Crippen molar-refractivity contribution in [1.29, 1.82) is 0 Å². The highest BCUT2D eigenvalue weighted by atomic mass is 32.2. The van der Waals surface area contributed by atoms with Crippen LogP contribution in [0.5, 0.6) is 0 Å². The molecule has 0 saturated heterocycles. The van der Waals surface area contributed by atoms with E-state index in [0.29, 0.717) is 0 Å². The molecule has 2 aromatic rings. The molecule has 0 aliphatic heterocycles. The van der Waals surface area contributed by atoms with Crippen LogP contribution >= 0.6 is 10.7 Å². The van der Waals surface area contributed by atoms with E-state index in [1.165, 1.54) is 32.1 Å². The van der Waals surface area contributed by atoms with Crippen molar-refractivity contribution in [3.63, 3.8) is 0 Å². The molecule has 0 radical (unpaired) electrons. The van der Waals surface area contributed by atoms with Crippen LogP contribution in [0.2, 0.25) is 0 Å². The summed E-state index contributed by atoms with van der Waals surface area (Å²) in [6.07, 6.45) is 8.26. The Labute approximate surface area is 149 Å². The fourth-order valence-electron chi connectivity index (χ4n) is 3.88. The molecule has 0 spiro atoms. The summed E-state index contributed by atoms with van der Waals surface area (Å²) in [6, 6.07) is 12.4. The molecule has 1 aliphatic rings. The van der Waals surface area contributed by atoms with Gasteiger partial charge in [-0.2, -0.15) is 0 Å². The molecule has 130 valence electrons. The van der Waals surface area contributed by atoms with Gasteiger partial charge in [-0.25, -0.2) is 0 Å². The number of hydrogen-bond acceptors (Lipinski definition) is 2. The minimum absolute atomic E-state index is 0.0683. The summed E-state index contributed by atoms with van der Waals surface area (Å²) in [5.41, 5.74) is 2.62. The quantitative estimate of drug-likeness (QED) is 0.630. The van der Waals surface area contributed by atoms with E-state index in [1.54, 1.807) is 10.4 Å². The van der Waals surface area contributed by atoms with Gasteiger partial charge < -0.3 is 5.11 Å². The molecule has 1 aromatic carbocycles. The molecule has 2 nitrogen and oxygen atoms in total. The topological polar surface area (TPSA) is 32.3 Å². The fraction of sp³-hybridized carbons (Fsp3) is 0.524. The molecule has 0 bridgehead atoms. The van der Waals surface area contributed by atoms with Gasteiger partial charge >= 0.3 is 0 Å². The second kappa shape index (κ2) is 8.80. The molecular weight excluding hydrogens is 314 g/mol. The summed E-state index contributed by atoms with van der Waals surface area (Å²) in [5.74, 6) is 0.745. The van der Waals surface area contributed by atoms with Crippen LogP contribution in [-0.4, -0.2) is 11.7 Å². The lowest BCUT2D eigenvalue weighted by molar-refractivity contribution is 0.168. The average molecular weight is 345 g/mol. The Balaban J connectivity index is 1.73. The summed E-state index contributed by atoms with van der Waals surface area (Å²) in [4.78, 5) is 1.55. The van der Waals surface area contributed by atoms with Crippen molar-refractivity contribution in [1.82, 2.24) is 0 Å². The number of thiophene rings is 1. The van der Waals surface area contributed by atoms with E-state index in [-0.39, 0.29) is 16.8 Å². The summed E-state index contributed by atoms with van der Waals surface area (Å²) in [7, 11) is 0.0683. The van der Waals surface area contributed by atoms with Crippen LogP contribution in [-0.2, 0) is 6.42 Å². The van der Waals surface area contributed by atoms with Crippen molar-refractivity contribution in [3.05, 3.63) is 57.8 Å². The molecule has 3 heteroatoms. The second-order valence-electron chi connectivity index (χ2n) is 6.82. The maximum absolute atomic E-state index is 10.5. The van der Waals surface area contributed by atoms with Crippen molar-refractivity contribution in [2.24, 2.45) is 0 Å². The van der Waals surface area contributed by atoms with Crippen LogP contribution in [0.4, 0.5) is 0 Å². The normalized spacial score (nSPS) is 17.8. The van der Waals surface area contributed by atoms with Crippen LogP contribution in [0.1, 0.15) is 73.5 Å². The third-order valence-corrected chi connectivity index (χ3v) is 7.12. The largest absolute Gasteiger partial charge is 0.388 e. The van der Waals surface area contributed by atoms with E-state index in [9.17, 15) is 5.11 Å². The monoisotopic (exact) mass is 344 g/mol. The predicted molar refractivity (Wildman–Crippen MR) is 104 cm³/mol. The van der Waals surface area contributed by atoms with Crippen molar-refractivity contribution in [3.8, 4) is 0 Å². The maximum atomic E-state index is 10.5. The highest BCUT2D eigenvalue weighted by molar-refractivity contribution is 7.31. The lowest BCUT2D eigenvalue weighted by Gasteiger charge is -2.21. The Morgan fingerprint density at radius 2 is 1.88 bits per heavy atom. The SMILES string of the molecule is CCN[s+]1ccc(C2CCCCC2)c1CCC(O)c1ccccc1. The van der Waals surface area contributed by atoms with Crippen molar-refractivity contribution in [2.75, 3.05) is 11.3 Å². The standard InChI is InChI=1S/C21H30NOS/c1-2-22-24-16-15-19(17-9-5-3-6-10-17)21(24)14-13-20(23)18-11-7-4-8-12-18/h4,7-8,11-12,15-17,20,22-23H,2-3,5-6,9-10,13-14H2,1H3/q+1. The number of aliphatic hydroxyl groups excluding tert-OH is 1. The van der Waals surface area contributed by atoms with Gasteiger partial charge in [0, 0.05) is 24.6 Å². The second-order valence-corrected chi connectivity index (χ2v) is 8.55. The summed E-state index contributed by atoms with van der Waals surface area (Å²) in [5, 5.41) is 12.9. The molecule has 2 unspecified atom stereocenters. The van der Waals surface area contributed by atoms with Crippen LogP contribution in [0.3, 0.4) is 0 Å². The minimum Gasteiger partial charge on any atom is -0.388 e. The molecule has 1 aromatic heterocycles. The smallest absolute Gasteiger partial charge is 0.175 e. The predicted octanol–water partition coefficient (Wildman–Crippen LogP) is 5.71. The number of nitrogens with one attached hydrogen (secondary N) is 1. The Bertz CT molecular complexity index is 616. The Morgan fingerprint density at radius 1 is 1.12 bits per heavy atom. The van der Waals surface area contributed by atoms with Gasteiger partial charge in [0.1, 0.15) is 0 Å². The van der Waals surface area contributed by atoms with Gasteiger partial charge in [-0.1, -0.05) is 49.6 Å². The molecule has 0 amide bonds. The van der Waals surface area contributed by atoms with E-state index < -0.39 is 0 Å². The van der Waals surface area contributed by atoms with Gasteiger partial charge in [0.15, 0.2) is 10.3 Å². The first-order valence-corrected chi connectivity index (χ1v) is 10.7. The first-order chi connectivity index (χ1) is 11.8. The molecule has 3 rings (SSSR count). The number of aliphatic hydroxyl groups is 1. The van der Waals surface area contributed by atoms with Crippen LogP contribution in [0.15, 0.2) is 41.8 Å². The van der Waals surface area contributed by atoms with Gasteiger partial charge in [-0.3, -0.25) is 0 Å². The highest BCUT2D eigenvalue weighted by Crippen LogP contribution is 2.40. The molecule has 24 heavy (non-hydrogen) atoms. The Morgan fingerprint density at radius 3 is 2.58 bits per heavy atom. The minimum atomic E-state index is -0.362. The van der Waals surface area contributed by atoms with Crippen molar-refractivity contribution < 1.29 is 5.11 Å². The van der Waals surface area contributed by atoms with Crippen LogP contribution in [0, 0.1) is 0 Å². The van der Waals surface area contributed by atoms with Crippen molar-refractivity contribution in [2.45, 2.75) is 63.9 Å². The van der Waals surface area contributed by atoms with Gasteiger partial charge in [0.05, 0.1) is 16.8 Å². The summed E-state index contributed by atoms with van der Waals surface area (Å²) < 4.78 is 3.63. The van der Waals surface area contributed by atoms with E-state index in [1.807, 2.05) is 30.3 Å². The van der Waals surface area contributed by atoms with Gasteiger partial charge in [0.25, 0.3) is 0 Å². The zero-order valence-electron chi connectivity index (χ0n) is 14.7. The number of hydrogen-bond donors (Lipinski definition) is 2. The third-order valence-electron chi connectivity index (χ3n) is 5.15. The summed E-state index contributed by atoms with van der Waals surface area (Å²) in [6.45, 7) is 3.17. The van der Waals surface area contributed by atoms with E-state index >= 15 is 0 Å². The number of benzene rings is 1. The summed E-state index contributed by atoms with van der Waals surface area (Å²) >= 11 is 0. The first kappa shape index (κ1) is 17.7. The Kier molecular flexibility index (Phi) is 6.47. The lowest BCUT2D eigenvalue weighted by atomic mass is 9.84. The highest BCUT2D eigenvalue weighted by Gasteiger charge is 2.27. The lowest BCUT2D eigenvalue weighted by Crippen LogP contribution is -2.08. The molecule has 1 heterocycles. The maximum Gasteiger partial charge on any atom is 0.175 e. The van der Waals surface area contributed by atoms with E-state index in [2.05, 4.69) is 23.1 Å².